The lowest BCUT2D eigenvalue weighted by atomic mass is 9.93. The summed E-state index contributed by atoms with van der Waals surface area (Å²) in [5, 5.41) is 13.6. The maximum atomic E-state index is 10.2. The first kappa shape index (κ1) is 10.5. The molecule has 1 aromatic rings. The van der Waals surface area contributed by atoms with Crippen molar-refractivity contribution in [2.75, 3.05) is 6.54 Å². The molecule has 0 saturated carbocycles. The Morgan fingerprint density at radius 3 is 2.60 bits per heavy atom. The first-order chi connectivity index (χ1) is 7.11. The van der Waals surface area contributed by atoms with Crippen LogP contribution in [0.25, 0.3) is 0 Å². The van der Waals surface area contributed by atoms with Crippen LogP contribution in [0.3, 0.4) is 0 Å². The second-order valence-electron chi connectivity index (χ2n) is 4.55. The summed E-state index contributed by atoms with van der Waals surface area (Å²) >= 11 is 0. The molecular weight excluding hydrogens is 186 g/mol. The van der Waals surface area contributed by atoms with Crippen molar-refractivity contribution >= 4 is 0 Å². The van der Waals surface area contributed by atoms with Crippen LogP contribution in [-0.2, 0) is 0 Å². The Kier molecular flexibility index (Phi) is 2.70. The number of hydrogen-bond acceptors (Lipinski definition) is 2. The van der Waals surface area contributed by atoms with Crippen molar-refractivity contribution in [3.63, 3.8) is 0 Å². The third-order valence-corrected chi connectivity index (χ3v) is 3.47. The average Bonchev–Trinajstić information content (AvgIpc) is 2.68. The number of phenolic OH excluding ortho intramolecular Hbond substituents is 1. The number of nitrogens with one attached hydrogen (secondary N) is 1. The van der Waals surface area contributed by atoms with Crippen molar-refractivity contribution in [2.24, 2.45) is 0 Å². The van der Waals surface area contributed by atoms with Gasteiger partial charge in [0.1, 0.15) is 5.75 Å². The Balaban J connectivity index is 2.50. The molecule has 1 unspecified atom stereocenters. The van der Waals surface area contributed by atoms with Crippen LogP contribution in [0, 0.1) is 20.8 Å². The van der Waals surface area contributed by atoms with Crippen LogP contribution in [0.1, 0.15) is 41.1 Å². The van der Waals surface area contributed by atoms with E-state index < -0.39 is 0 Å². The van der Waals surface area contributed by atoms with Crippen molar-refractivity contribution in [3.8, 4) is 5.75 Å². The van der Waals surface area contributed by atoms with Gasteiger partial charge in [-0.25, -0.2) is 0 Å². The minimum atomic E-state index is 0.351. The summed E-state index contributed by atoms with van der Waals surface area (Å²) in [6.07, 6.45) is 2.34. The van der Waals surface area contributed by atoms with Crippen molar-refractivity contribution in [2.45, 2.75) is 39.7 Å². The van der Waals surface area contributed by atoms with Crippen LogP contribution in [0.5, 0.6) is 5.75 Å². The second-order valence-corrected chi connectivity index (χ2v) is 4.55. The van der Waals surface area contributed by atoms with E-state index in [0.29, 0.717) is 11.8 Å². The quantitative estimate of drug-likeness (QED) is 0.739. The molecule has 1 atom stereocenters. The first-order valence-electron chi connectivity index (χ1n) is 5.64. The number of hydrogen-bond donors (Lipinski definition) is 2. The average molecular weight is 205 g/mol. The molecule has 15 heavy (non-hydrogen) atoms. The van der Waals surface area contributed by atoms with Crippen LogP contribution in [0.4, 0.5) is 0 Å². The van der Waals surface area contributed by atoms with E-state index in [2.05, 4.69) is 18.3 Å². The second kappa shape index (κ2) is 3.86. The van der Waals surface area contributed by atoms with Crippen LogP contribution in [0.15, 0.2) is 6.07 Å². The van der Waals surface area contributed by atoms with Crippen molar-refractivity contribution in [3.05, 3.63) is 28.3 Å². The molecule has 0 aliphatic carbocycles. The lowest BCUT2D eigenvalue weighted by Gasteiger charge is -2.18. The summed E-state index contributed by atoms with van der Waals surface area (Å²) < 4.78 is 0. The third-order valence-electron chi connectivity index (χ3n) is 3.47. The van der Waals surface area contributed by atoms with Crippen molar-refractivity contribution < 1.29 is 5.11 Å². The SMILES string of the molecule is Cc1cc(C)c(C2CCCN2)c(O)c1C. The molecule has 1 aromatic carbocycles. The Hall–Kier alpha value is -1.02. The summed E-state index contributed by atoms with van der Waals surface area (Å²) in [6, 6.07) is 2.52. The number of rotatable bonds is 1. The smallest absolute Gasteiger partial charge is 0.123 e. The molecule has 82 valence electrons. The largest absolute Gasteiger partial charge is 0.507 e. The Bertz CT molecular complexity index is 379. The molecular formula is C13H19NO. The fourth-order valence-corrected chi connectivity index (χ4v) is 2.46. The molecule has 0 amide bonds. The lowest BCUT2D eigenvalue weighted by molar-refractivity contribution is 0.451. The van der Waals surface area contributed by atoms with E-state index in [1.165, 1.54) is 17.5 Å². The molecule has 2 N–H and O–H groups in total. The molecule has 2 heteroatoms. The summed E-state index contributed by atoms with van der Waals surface area (Å²) in [5.74, 6) is 0.493. The number of phenols is 1. The van der Waals surface area contributed by atoms with Crippen LogP contribution in [0.2, 0.25) is 0 Å². The maximum absolute atomic E-state index is 10.2. The third kappa shape index (κ3) is 1.74. The van der Waals surface area contributed by atoms with Crippen LogP contribution < -0.4 is 5.32 Å². The van der Waals surface area contributed by atoms with E-state index in [-0.39, 0.29) is 0 Å². The van der Waals surface area contributed by atoms with E-state index in [4.69, 9.17) is 0 Å². The topological polar surface area (TPSA) is 32.3 Å². The van der Waals surface area contributed by atoms with Crippen LogP contribution >= 0.6 is 0 Å². The molecule has 0 radical (unpaired) electrons. The molecule has 2 rings (SSSR count). The number of benzene rings is 1. The molecule has 1 saturated heterocycles. The molecule has 0 aromatic heterocycles. The summed E-state index contributed by atoms with van der Waals surface area (Å²) in [5.41, 5.74) is 4.50. The van der Waals surface area contributed by atoms with Gasteiger partial charge in [-0.1, -0.05) is 6.07 Å². The Morgan fingerprint density at radius 2 is 2.00 bits per heavy atom. The van der Waals surface area contributed by atoms with E-state index in [0.717, 1.165) is 24.1 Å². The first-order valence-corrected chi connectivity index (χ1v) is 5.64. The van der Waals surface area contributed by atoms with E-state index in [1.807, 2.05) is 13.8 Å². The van der Waals surface area contributed by atoms with Gasteiger partial charge in [-0.3, -0.25) is 0 Å². The van der Waals surface area contributed by atoms with Crippen molar-refractivity contribution in [1.29, 1.82) is 0 Å². The summed E-state index contributed by atoms with van der Waals surface area (Å²) in [6.45, 7) is 7.19. The summed E-state index contributed by atoms with van der Waals surface area (Å²) in [7, 11) is 0. The fourth-order valence-electron chi connectivity index (χ4n) is 2.46. The van der Waals surface area contributed by atoms with E-state index >= 15 is 0 Å². The fraction of sp³-hybridized carbons (Fsp3) is 0.538. The zero-order valence-corrected chi connectivity index (χ0v) is 9.72. The number of aromatic hydroxyl groups is 1. The van der Waals surface area contributed by atoms with Gasteiger partial charge in [0, 0.05) is 11.6 Å². The Labute approximate surface area is 91.3 Å². The maximum Gasteiger partial charge on any atom is 0.123 e. The van der Waals surface area contributed by atoms with Crippen molar-refractivity contribution in [1.82, 2.24) is 5.32 Å². The van der Waals surface area contributed by atoms with Gasteiger partial charge in [-0.15, -0.1) is 0 Å². The standard InChI is InChI=1S/C13H19NO/c1-8-7-9(2)12(13(15)10(8)3)11-5-4-6-14-11/h7,11,14-15H,4-6H2,1-3H3. The zero-order chi connectivity index (χ0) is 11.0. The molecule has 2 nitrogen and oxygen atoms in total. The van der Waals surface area contributed by atoms with Gasteiger partial charge in [0.25, 0.3) is 0 Å². The predicted octanol–water partition coefficient (Wildman–Crippen LogP) is 2.74. The predicted molar refractivity (Wildman–Crippen MR) is 62.3 cm³/mol. The zero-order valence-electron chi connectivity index (χ0n) is 9.72. The highest BCUT2D eigenvalue weighted by atomic mass is 16.3. The Morgan fingerprint density at radius 1 is 1.27 bits per heavy atom. The minimum absolute atomic E-state index is 0.351. The molecule has 1 aliphatic heterocycles. The lowest BCUT2D eigenvalue weighted by Crippen LogP contribution is -2.14. The van der Waals surface area contributed by atoms with Gasteiger partial charge in [0.2, 0.25) is 0 Å². The highest BCUT2D eigenvalue weighted by molar-refractivity contribution is 5.50. The minimum Gasteiger partial charge on any atom is -0.507 e. The monoisotopic (exact) mass is 205 g/mol. The highest BCUT2D eigenvalue weighted by Gasteiger charge is 2.22. The molecule has 1 aliphatic rings. The molecule has 0 spiro atoms. The van der Waals surface area contributed by atoms with Gasteiger partial charge in [0.15, 0.2) is 0 Å². The van der Waals surface area contributed by atoms with E-state index in [9.17, 15) is 5.11 Å². The van der Waals surface area contributed by atoms with Gasteiger partial charge in [-0.05, 0) is 56.8 Å². The van der Waals surface area contributed by atoms with Gasteiger partial charge in [-0.2, -0.15) is 0 Å². The summed E-state index contributed by atoms with van der Waals surface area (Å²) in [4.78, 5) is 0. The van der Waals surface area contributed by atoms with Gasteiger partial charge in [0.05, 0.1) is 0 Å². The normalized spacial score (nSPS) is 20.9. The molecule has 1 heterocycles. The molecule has 1 fully saturated rings. The van der Waals surface area contributed by atoms with E-state index in [1.54, 1.807) is 0 Å². The van der Waals surface area contributed by atoms with Gasteiger partial charge >= 0.3 is 0 Å². The van der Waals surface area contributed by atoms with Gasteiger partial charge < -0.3 is 10.4 Å². The highest BCUT2D eigenvalue weighted by Crippen LogP contribution is 2.36. The van der Waals surface area contributed by atoms with Crippen LogP contribution in [-0.4, -0.2) is 11.7 Å². The molecule has 0 bridgehead atoms. The number of aryl methyl sites for hydroxylation is 2.